The molecule has 1 N–H and O–H groups in total. The standard InChI is InChI=1S/C18H29ClN4O/c1-18(2,13-22(3)4)12-21-16-15(19)10-14(11-20-16)17(24)23-8-6-5-7-9-23/h10-11H,5-9,12-13H2,1-4H3,(H,20,21). The van der Waals surface area contributed by atoms with Crippen LogP contribution in [0.3, 0.4) is 0 Å². The minimum atomic E-state index is 0.0311. The molecule has 0 unspecified atom stereocenters. The Morgan fingerprint density at radius 1 is 1.33 bits per heavy atom. The van der Waals surface area contributed by atoms with Crippen LogP contribution >= 0.6 is 11.6 Å². The molecule has 1 aromatic rings. The number of carbonyl (C=O) groups is 1. The van der Waals surface area contributed by atoms with Gasteiger partial charge in [0.15, 0.2) is 0 Å². The van der Waals surface area contributed by atoms with Gasteiger partial charge in [0, 0.05) is 32.4 Å². The maximum Gasteiger partial charge on any atom is 0.255 e. The summed E-state index contributed by atoms with van der Waals surface area (Å²) >= 11 is 6.34. The molecule has 0 saturated carbocycles. The number of hydrogen-bond acceptors (Lipinski definition) is 4. The molecule has 6 heteroatoms. The van der Waals surface area contributed by atoms with E-state index in [0.717, 1.165) is 39.0 Å². The molecular weight excluding hydrogens is 324 g/mol. The fourth-order valence-corrected chi connectivity index (χ4v) is 3.43. The largest absolute Gasteiger partial charge is 0.368 e. The molecule has 0 radical (unpaired) electrons. The summed E-state index contributed by atoms with van der Waals surface area (Å²) in [6, 6.07) is 1.73. The van der Waals surface area contributed by atoms with Crippen LogP contribution in [0.2, 0.25) is 5.02 Å². The molecule has 134 valence electrons. The molecule has 2 heterocycles. The fourth-order valence-electron chi connectivity index (χ4n) is 3.20. The molecule has 1 aromatic heterocycles. The van der Waals surface area contributed by atoms with Crippen molar-refractivity contribution in [3.05, 3.63) is 22.8 Å². The Hall–Kier alpha value is -1.33. The Morgan fingerprint density at radius 3 is 2.58 bits per heavy atom. The van der Waals surface area contributed by atoms with E-state index in [1.54, 1.807) is 12.3 Å². The van der Waals surface area contributed by atoms with Crippen LogP contribution in [0, 0.1) is 5.41 Å². The number of amides is 1. The summed E-state index contributed by atoms with van der Waals surface area (Å²) in [4.78, 5) is 20.9. The Balaban J connectivity index is 2.00. The summed E-state index contributed by atoms with van der Waals surface area (Å²) in [6.07, 6.45) is 4.99. The molecular formula is C18H29ClN4O. The predicted octanol–water partition coefficient (Wildman–Crippen LogP) is 3.36. The lowest BCUT2D eigenvalue weighted by atomic mass is 9.93. The smallest absolute Gasteiger partial charge is 0.255 e. The fraction of sp³-hybridized carbons (Fsp3) is 0.667. The van der Waals surface area contributed by atoms with E-state index < -0.39 is 0 Å². The van der Waals surface area contributed by atoms with Crippen LogP contribution < -0.4 is 5.32 Å². The first-order chi connectivity index (χ1) is 11.3. The predicted molar refractivity (Wildman–Crippen MR) is 99.8 cm³/mol. The van der Waals surface area contributed by atoms with Crippen molar-refractivity contribution in [1.29, 1.82) is 0 Å². The lowest BCUT2D eigenvalue weighted by Crippen LogP contribution is -2.36. The normalized spacial score (nSPS) is 15.7. The van der Waals surface area contributed by atoms with Crippen molar-refractivity contribution in [2.45, 2.75) is 33.1 Å². The van der Waals surface area contributed by atoms with Gasteiger partial charge in [0.05, 0.1) is 10.6 Å². The number of anilines is 1. The van der Waals surface area contributed by atoms with Gasteiger partial charge in [-0.2, -0.15) is 0 Å². The Labute approximate surface area is 150 Å². The SMILES string of the molecule is CN(C)CC(C)(C)CNc1ncc(C(=O)N2CCCCC2)cc1Cl. The van der Waals surface area contributed by atoms with Crippen molar-refractivity contribution in [2.24, 2.45) is 5.41 Å². The lowest BCUT2D eigenvalue weighted by molar-refractivity contribution is 0.0724. The van der Waals surface area contributed by atoms with Crippen LogP contribution in [0.4, 0.5) is 5.82 Å². The molecule has 1 aliphatic heterocycles. The molecule has 0 atom stereocenters. The van der Waals surface area contributed by atoms with E-state index in [4.69, 9.17) is 11.6 Å². The highest BCUT2D eigenvalue weighted by Crippen LogP contribution is 2.24. The Morgan fingerprint density at radius 2 is 2.00 bits per heavy atom. The van der Waals surface area contributed by atoms with Gasteiger partial charge in [-0.3, -0.25) is 4.79 Å². The van der Waals surface area contributed by atoms with Crippen molar-refractivity contribution < 1.29 is 4.79 Å². The number of hydrogen-bond donors (Lipinski definition) is 1. The second-order valence-electron chi connectivity index (χ2n) is 7.66. The van der Waals surface area contributed by atoms with Crippen molar-refractivity contribution in [1.82, 2.24) is 14.8 Å². The molecule has 1 aliphatic rings. The zero-order valence-electron chi connectivity index (χ0n) is 15.2. The van der Waals surface area contributed by atoms with Gasteiger partial charge in [-0.15, -0.1) is 0 Å². The van der Waals surface area contributed by atoms with Crippen molar-refractivity contribution in [3.63, 3.8) is 0 Å². The third kappa shape index (κ3) is 5.35. The number of nitrogens with one attached hydrogen (secondary N) is 1. The molecule has 0 aromatic carbocycles. The molecule has 1 fully saturated rings. The van der Waals surface area contributed by atoms with E-state index >= 15 is 0 Å². The number of pyridine rings is 1. The minimum absolute atomic E-state index is 0.0311. The summed E-state index contributed by atoms with van der Waals surface area (Å²) in [5.41, 5.74) is 0.663. The van der Waals surface area contributed by atoms with E-state index in [1.807, 2.05) is 4.90 Å². The second-order valence-corrected chi connectivity index (χ2v) is 8.07. The van der Waals surface area contributed by atoms with Crippen LogP contribution in [-0.2, 0) is 0 Å². The zero-order valence-corrected chi connectivity index (χ0v) is 16.0. The maximum atomic E-state index is 12.5. The molecule has 5 nitrogen and oxygen atoms in total. The van der Waals surface area contributed by atoms with Crippen molar-refractivity contribution in [2.75, 3.05) is 45.6 Å². The third-order valence-corrected chi connectivity index (χ3v) is 4.50. The number of aromatic nitrogens is 1. The van der Waals surface area contributed by atoms with Crippen LogP contribution in [0.1, 0.15) is 43.5 Å². The Kier molecular flexibility index (Phi) is 6.47. The number of nitrogens with zero attached hydrogens (tertiary/aromatic N) is 3. The molecule has 2 rings (SSSR count). The summed E-state index contributed by atoms with van der Waals surface area (Å²) in [6.45, 7) is 7.77. The van der Waals surface area contributed by atoms with Crippen molar-refractivity contribution in [3.8, 4) is 0 Å². The molecule has 1 saturated heterocycles. The minimum Gasteiger partial charge on any atom is -0.368 e. The zero-order chi connectivity index (χ0) is 17.7. The van der Waals surface area contributed by atoms with Gasteiger partial charge in [0.25, 0.3) is 5.91 Å². The topological polar surface area (TPSA) is 48.5 Å². The van der Waals surface area contributed by atoms with Crippen LogP contribution in [0.5, 0.6) is 0 Å². The van der Waals surface area contributed by atoms with Gasteiger partial charge in [-0.05, 0) is 44.8 Å². The first kappa shape index (κ1) is 19.0. The van der Waals surface area contributed by atoms with Crippen LogP contribution in [-0.4, -0.2) is 61.0 Å². The highest BCUT2D eigenvalue weighted by molar-refractivity contribution is 6.33. The van der Waals surface area contributed by atoms with E-state index in [2.05, 4.69) is 43.1 Å². The lowest BCUT2D eigenvalue weighted by Gasteiger charge is -2.29. The molecule has 0 spiro atoms. The van der Waals surface area contributed by atoms with E-state index in [1.165, 1.54) is 6.42 Å². The molecule has 0 aliphatic carbocycles. The molecule has 1 amide bonds. The monoisotopic (exact) mass is 352 g/mol. The van der Waals surface area contributed by atoms with E-state index in [9.17, 15) is 4.79 Å². The summed E-state index contributed by atoms with van der Waals surface area (Å²) in [5, 5.41) is 3.81. The average Bonchev–Trinajstić information content (AvgIpc) is 2.52. The van der Waals surface area contributed by atoms with Gasteiger partial charge >= 0.3 is 0 Å². The van der Waals surface area contributed by atoms with Gasteiger partial charge < -0.3 is 15.1 Å². The summed E-state index contributed by atoms with van der Waals surface area (Å²) in [7, 11) is 4.13. The quantitative estimate of drug-likeness (QED) is 0.852. The number of halogens is 1. The van der Waals surface area contributed by atoms with Gasteiger partial charge in [0.1, 0.15) is 5.82 Å². The average molecular weight is 353 g/mol. The summed E-state index contributed by atoms with van der Waals surface area (Å²) in [5.74, 6) is 0.669. The van der Waals surface area contributed by atoms with Crippen LogP contribution in [0.15, 0.2) is 12.3 Å². The first-order valence-corrected chi connectivity index (χ1v) is 9.00. The third-order valence-electron chi connectivity index (χ3n) is 4.21. The maximum absolute atomic E-state index is 12.5. The number of carbonyl (C=O) groups excluding carboxylic acids is 1. The van der Waals surface area contributed by atoms with Crippen LogP contribution in [0.25, 0.3) is 0 Å². The van der Waals surface area contributed by atoms with E-state index in [-0.39, 0.29) is 11.3 Å². The van der Waals surface area contributed by atoms with E-state index in [0.29, 0.717) is 16.4 Å². The highest BCUT2D eigenvalue weighted by atomic mass is 35.5. The molecule has 24 heavy (non-hydrogen) atoms. The van der Waals surface area contributed by atoms with Gasteiger partial charge in [-0.1, -0.05) is 25.4 Å². The van der Waals surface area contributed by atoms with Gasteiger partial charge in [0.2, 0.25) is 0 Å². The highest BCUT2D eigenvalue weighted by Gasteiger charge is 2.21. The number of piperidine rings is 1. The summed E-state index contributed by atoms with van der Waals surface area (Å²) < 4.78 is 0. The first-order valence-electron chi connectivity index (χ1n) is 8.62. The second kappa shape index (κ2) is 8.17. The number of likely N-dealkylation sites (tertiary alicyclic amines) is 1. The van der Waals surface area contributed by atoms with Gasteiger partial charge in [-0.25, -0.2) is 4.98 Å². The Bertz CT molecular complexity index is 568. The number of rotatable bonds is 6. The van der Waals surface area contributed by atoms with Crippen molar-refractivity contribution >= 4 is 23.3 Å². The molecule has 0 bridgehead atoms.